The van der Waals surface area contributed by atoms with E-state index in [0.717, 1.165) is 14.7 Å². The summed E-state index contributed by atoms with van der Waals surface area (Å²) in [5.74, 6) is 1.47. The van der Waals surface area contributed by atoms with E-state index < -0.39 is 0 Å². The minimum Gasteiger partial charge on any atom is -0.497 e. The summed E-state index contributed by atoms with van der Waals surface area (Å²) in [5.41, 5.74) is 4.71. The van der Waals surface area contributed by atoms with Crippen molar-refractivity contribution in [2.75, 3.05) is 14.2 Å². The lowest BCUT2D eigenvalue weighted by Crippen LogP contribution is -2.17. The number of ether oxygens (including phenoxy) is 3. The second kappa shape index (κ2) is 11.0. The summed E-state index contributed by atoms with van der Waals surface area (Å²) in [6.07, 6.45) is 1.55. The molecule has 0 saturated carbocycles. The van der Waals surface area contributed by atoms with Crippen LogP contribution in [0, 0.1) is 3.57 Å². The maximum Gasteiger partial charge on any atom is 0.271 e. The Morgan fingerprint density at radius 1 is 1.10 bits per heavy atom. The lowest BCUT2D eigenvalue weighted by molar-refractivity contribution is 0.0955. The average Bonchev–Trinajstić information content (AvgIpc) is 2.79. The molecule has 3 aromatic rings. The Balaban J connectivity index is 1.68. The Morgan fingerprint density at radius 2 is 1.87 bits per heavy atom. The van der Waals surface area contributed by atoms with Gasteiger partial charge in [-0.1, -0.05) is 29.8 Å². The maximum atomic E-state index is 12.3. The number of hydrogen-bond acceptors (Lipinski definition) is 5. The molecule has 0 unspecified atom stereocenters. The number of hydrogen-bond donors (Lipinski definition) is 1. The van der Waals surface area contributed by atoms with E-state index in [0.29, 0.717) is 34.4 Å². The zero-order valence-corrected chi connectivity index (χ0v) is 19.8. The fourth-order valence-corrected chi connectivity index (χ4v) is 3.59. The molecule has 31 heavy (non-hydrogen) atoms. The third-order valence-electron chi connectivity index (χ3n) is 4.26. The zero-order chi connectivity index (χ0) is 22.2. The number of nitrogens with one attached hydrogen (secondary N) is 1. The van der Waals surface area contributed by atoms with Crippen molar-refractivity contribution in [1.82, 2.24) is 5.43 Å². The molecule has 0 aliphatic rings. The Labute approximate surface area is 199 Å². The summed E-state index contributed by atoms with van der Waals surface area (Å²) in [6.45, 7) is 0.383. The molecule has 0 aromatic heterocycles. The van der Waals surface area contributed by atoms with Gasteiger partial charge in [0.25, 0.3) is 5.91 Å². The van der Waals surface area contributed by atoms with Crippen molar-refractivity contribution < 1.29 is 19.0 Å². The Bertz CT molecular complexity index is 1090. The SMILES string of the molecule is COc1cccc(C(=O)N/N=C/c2cc(I)c(OCc3ccc(Cl)cc3)c(OC)c2)c1. The highest BCUT2D eigenvalue weighted by Crippen LogP contribution is 2.34. The molecule has 0 atom stereocenters. The second-order valence-corrected chi connectivity index (χ2v) is 7.98. The van der Waals surface area contributed by atoms with E-state index in [-0.39, 0.29) is 5.91 Å². The van der Waals surface area contributed by atoms with Crippen LogP contribution in [0.5, 0.6) is 17.2 Å². The van der Waals surface area contributed by atoms with E-state index in [4.69, 9.17) is 25.8 Å². The molecule has 160 valence electrons. The molecule has 0 spiro atoms. The summed E-state index contributed by atoms with van der Waals surface area (Å²) >= 11 is 8.10. The Morgan fingerprint density at radius 3 is 2.58 bits per heavy atom. The van der Waals surface area contributed by atoms with E-state index in [9.17, 15) is 4.79 Å². The van der Waals surface area contributed by atoms with Gasteiger partial charge in [0.05, 0.1) is 24.0 Å². The van der Waals surface area contributed by atoms with Crippen LogP contribution in [-0.4, -0.2) is 26.3 Å². The minimum atomic E-state index is -0.334. The van der Waals surface area contributed by atoms with Crippen LogP contribution in [0.25, 0.3) is 0 Å². The van der Waals surface area contributed by atoms with Gasteiger partial charge in [-0.05, 0) is 76.2 Å². The monoisotopic (exact) mass is 550 g/mol. The topological polar surface area (TPSA) is 69.2 Å². The first kappa shape index (κ1) is 22.9. The number of methoxy groups -OCH3 is 2. The second-order valence-electron chi connectivity index (χ2n) is 6.38. The average molecular weight is 551 g/mol. The third-order valence-corrected chi connectivity index (χ3v) is 5.31. The van der Waals surface area contributed by atoms with Gasteiger partial charge in [-0.2, -0.15) is 5.10 Å². The summed E-state index contributed by atoms with van der Waals surface area (Å²) < 4.78 is 17.4. The summed E-state index contributed by atoms with van der Waals surface area (Å²) in [5, 5.41) is 4.72. The van der Waals surface area contributed by atoms with Crippen molar-refractivity contribution in [1.29, 1.82) is 0 Å². The molecule has 0 heterocycles. The van der Waals surface area contributed by atoms with Crippen LogP contribution in [0.15, 0.2) is 65.8 Å². The predicted molar refractivity (Wildman–Crippen MR) is 130 cm³/mol. The third kappa shape index (κ3) is 6.35. The predicted octanol–water partition coefficient (Wildman–Crippen LogP) is 5.30. The number of carbonyl (C=O) groups excluding carboxylic acids is 1. The number of amides is 1. The van der Waals surface area contributed by atoms with Gasteiger partial charge in [-0.25, -0.2) is 5.43 Å². The van der Waals surface area contributed by atoms with Crippen molar-refractivity contribution in [3.05, 3.63) is 85.9 Å². The smallest absolute Gasteiger partial charge is 0.271 e. The van der Waals surface area contributed by atoms with Crippen molar-refractivity contribution >= 4 is 46.3 Å². The van der Waals surface area contributed by atoms with E-state index in [1.807, 2.05) is 30.3 Å². The maximum absolute atomic E-state index is 12.3. The highest BCUT2D eigenvalue weighted by atomic mass is 127. The molecule has 0 saturated heterocycles. The highest BCUT2D eigenvalue weighted by molar-refractivity contribution is 14.1. The molecular formula is C23H20ClIN2O4. The van der Waals surface area contributed by atoms with Crippen molar-refractivity contribution in [3.8, 4) is 17.2 Å². The first-order valence-electron chi connectivity index (χ1n) is 9.22. The fraction of sp³-hybridized carbons (Fsp3) is 0.130. The summed E-state index contributed by atoms with van der Waals surface area (Å²) in [6, 6.07) is 18.0. The zero-order valence-electron chi connectivity index (χ0n) is 16.9. The van der Waals surface area contributed by atoms with Crippen molar-refractivity contribution in [2.45, 2.75) is 6.61 Å². The van der Waals surface area contributed by atoms with Crippen LogP contribution in [0.2, 0.25) is 5.02 Å². The number of hydrazone groups is 1. The molecular weight excluding hydrogens is 531 g/mol. The molecule has 1 amide bonds. The summed E-state index contributed by atoms with van der Waals surface area (Å²) in [4.78, 5) is 12.3. The van der Waals surface area contributed by atoms with E-state index in [1.54, 1.807) is 50.8 Å². The Hall–Kier alpha value is -2.78. The molecule has 0 aliphatic carbocycles. The molecule has 0 fully saturated rings. The van der Waals surface area contributed by atoms with Gasteiger partial charge >= 0.3 is 0 Å². The van der Waals surface area contributed by atoms with Gasteiger partial charge < -0.3 is 14.2 Å². The minimum absolute atomic E-state index is 0.334. The van der Waals surface area contributed by atoms with Crippen LogP contribution in [0.4, 0.5) is 0 Å². The molecule has 0 aliphatic heterocycles. The van der Waals surface area contributed by atoms with Gasteiger partial charge in [0, 0.05) is 10.6 Å². The number of halogens is 2. The van der Waals surface area contributed by atoms with Crippen LogP contribution in [-0.2, 0) is 6.61 Å². The van der Waals surface area contributed by atoms with Crippen molar-refractivity contribution in [2.24, 2.45) is 5.10 Å². The van der Waals surface area contributed by atoms with Crippen LogP contribution in [0.1, 0.15) is 21.5 Å². The van der Waals surface area contributed by atoms with Gasteiger partial charge in [-0.3, -0.25) is 4.79 Å². The molecule has 0 radical (unpaired) electrons. The van der Waals surface area contributed by atoms with E-state index >= 15 is 0 Å². The van der Waals surface area contributed by atoms with Crippen LogP contribution in [0.3, 0.4) is 0 Å². The standard InChI is InChI=1S/C23H20ClIN2O4/c1-29-19-5-3-4-17(12-19)23(28)27-26-13-16-10-20(25)22(21(11-16)30-2)31-14-15-6-8-18(24)9-7-15/h3-13H,14H2,1-2H3,(H,27,28)/b26-13+. The first-order chi connectivity index (χ1) is 15.0. The lowest BCUT2D eigenvalue weighted by Gasteiger charge is -2.13. The van der Waals surface area contributed by atoms with Crippen LogP contribution < -0.4 is 19.6 Å². The number of nitrogens with zero attached hydrogens (tertiary/aromatic N) is 1. The number of benzene rings is 3. The quantitative estimate of drug-likeness (QED) is 0.235. The normalized spacial score (nSPS) is 10.7. The molecule has 1 N–H and O–H groups in total. The van der Waals surface area contributed by atoms with E-state index in [1.165, 1.54) is 0 Å². The Kier molecular flexibility index (Phi) is 8.13. The molecule has 3 rings (SSSR count). The number of carbonyl (C=O) groups is 1. The molecule has 0 bridgehead atoms. The molecule has 8 heteroatoms. The van der Waals surface area contributed by atoms with Gasteiger partial charge in [0.1, 0.15) is 12.4 Å². The van der Waals surface area contributed by atoms with Gasteiger partial charge in [0.15, 0.2) is 11.5 Å². The first-order valence-corrected chi connectivity index (χ1v) is 10.7. The molecule has 3 aromatic carbocycles. The van der Waals surface area contributed by atoms with Crippen LogP contribution >= 0.6 is 34.2 Å². The van der Waals surface area contributed by atoms with Gasteiger partial charge in [-0.15, -0.1) is 0 Å². The number of rotatable bonds is 8. The van der Waals surface area contributed by atoms with Crippen molar-refractivity contribution in [3.63, 3.8) is 0 Å². The fourth-order valence-electron chi connectivity index (χ4n) is 2.68. The van der Waals surface area contributed by atoms with Gasteiger partial charge in [0.2, 0.25) is 0 Å². The molecule has 6 nitrogen and oxygen atoms in total. The highest BCUT2D eigenvalue weighted by Gasteiger charge is 2.12. The van der Waals surface area contributed by atoms with E-state index in [2.05, 4.69) is 33.1 Å². The lowest BCUT2D eigenvalue weighted by atomic mass is 10.2. The summed E-state index contributed by atoms with van der Waals surface area (Å²) in [7, 11) is 3.12. The largest absolute Gasteiger partial charge is 0.497 e.